The van der Waals surface area contributed by atoms with Gasteiger partial charge in [0.25, 0.3) is 0 Å². The minimum Gasteiger partial charge on any atom is -0.472 e. The lowest BCUT2D eigenvalue weighted by Crippen LogP contribution is -2.62. The normalized spacial score (nSPS) is 30.0. The summed E-state index contributed by atoms with van der Waals surface area (Å²) in [4.78, 5) is 17.1. The average Bonchev–Trinajstić information content (AvgIpc) is 3.65. The van der Waals surface area contributed by atoms with Gasteiger partial charge in [-0.15, -0.1) is 0 Å². The molecule has 9 nitrogen and oxygen atoms in total. The minimum absolute atomic E-state index is 0.00839. The molecule has 0 amide bonds. The van der Waals surface area contributed by atoms with E-state index < -0.39 is 75.0 Å². The molecule has 4 saturated heterocycles. The van der Waals surface area contributed by atoms with Crippen LogP contribution in [-0.2, 0) is 6.18 Å². The lowest BCUT2D eigenvalue weighted by molar-refractivity contribution is -0.137. The molecule has 6 atom stereocenters. The second-order valence-electron chi connectivity index (χ2n) is 13.4. The number of pyridine rings is 1. The number of nitrogen functional groups attached to an aromatic ring is 1. The minimum atomic E-state index is -5.31. The topological polar surface area (TPSA) is 102 Å². The van der Waals surface area contributed by atoms with Crippen molar-refractivity contribution < 1.29 is 40.2 Å². The number of nitrogens with one attached hydrogen (secondary N) is 1. The molecule has 7 heterocycles. The Morgan fingerprint density at radius 2 is 1.87 bits per heavy atom. The van der Waals surface area contributed by atoms with Crippen molar-refractivity contribution in [2.75, 3.05) is 36.9 Å². The van der Waals surface area contributed by atoms with Gasteiger partial charge in [0, 0.05) is 31.6 Å². The molecule has 3 aromatic rings. The van der Waals surface area contributed by atoms with Gasteiger partial charge in [-0.25, -0.2) is 22.5 Å². The molecular weight excluding hydrogens is 635 g/mol. The Labute approximate surface area is 264 Å². The van der Waals surface area contributed by atoms with Crippen molar-refractivity contribution in [3.63, 3.8) is 0 Å². The highest BCUT2D eigenvalue weighted by Crippen LogP contribution is 2.48. The zero-order valence-electron chi connectivity index (χ0n) is 25.5. The van der Waals surface area contributed by atoms with Crippen molar-refractivity contribution in [3.8, 4) is 23.1 Å². The van der Waals surface area contributed by atoms with E-state index in [0.29, 0.717) is 19.5 Å². The summed E-state index contributed by atoms with van der Waals surface area (Å²) in [5, 5.41) is 3.54. The third-order valence-electron chi connectivity index (χ3n) is 10.6. The Hall–Kier alpha value is -3.66. The van der Waals surface area contributed by atoms with Crippen molar-refractivity contribution in [1.82, 2.24) is 25.2 Å². The fraction of sp³-hybridized carbons (Fsp3) is 0.581. The van der Waals surface area contributed by atoms with Crippen LogP contribution >= 0.6 is 0 Å². The second-order valence-corrected chi connectivity index (χ2v) is 13.4. The summed E-state index contributed by atoms with van der Waals surface area (Å²) in [6.45, 7) is 3.99. The molecule has 47 heavy (non-hydrogen) atoms. The summed E-state index contributed by atoms with van der Waals surface area (Å²) in [6.07, 6.45) is -3.49. The van der Waals surface area contributed by atoms with Crippen LogP contribution in [0.5, 0.6) is 11.9 Å². The summed E-state index contributed by atoms with van der Waals surface area (Å²) >= 11 is 0. The van der Waals surface area contributed by atoms with Gasteiger partial charge in [-0.3, -0.25) is 4.90 Å². The number of benzene rings is 1. The molecule has 16 heteroatoms. The first-order chi connectivity index (χ1) is 22.3. The summed E-state index contributed by atoms with van der Waals surface area (Å²) in [5.74, 6) is -4.92. The second kappa shape index (κ2) is 10.4. The van der Waals surface area contributed by atoms with Gasteiger partial charge >= 0.3 is 12.2 Å². The molecule has 0 spiro atoms. The molecule has 3 N–H and O–H groups in total. The predicted octanol–water partition coefficient (Wildman–Crippen LogP) is 5.06. The fourth-order valence-electron chi connectivity index (χ4n) is 8.58. The highest BCUT2D eigenvalue weighted by atomic mass is 19.4. The van der Waals surface area contributed by atoms with Crippen LogP contribution < -0.4 is 25.4 Å². The van der Waals surface area contributed by atoms with E-state index in [1.54, 1.807) is 6.92 Å². The van der Waals surface area contributed by atoms with Crippen molar-refractivity contribution in [2.45, 2.75) is 88.1 Å². The molecule has 1 aromatic carbocycles. The molecule has 5 aliphatic heterocycles. The molecule has 8 rings (SSSR count). The van der Waals surface area contributed by atoms with Gasteiger partial charge in [-0.05, 0) is 51.6 Å². The quantitative estimate of drug-likeness (QED) is 0.292. The summed E-state index contributed by atoms with van der Waals surface area (Å²) < 4.78 is 117. The number of anilines is 2. The zero-order valence-corrected chi connectivity index (χ0v) is 25.5. The van der Waals surface area contributed by atoms with Gasteiger partial charge < -0.3 is 25.4 Å². The van der Waals surface area contributed by atoms with Crippen LogP contribution in [0.2, 0.25) is 0 Å². The predicted molar refractivity (Wildman–Crippen MR) is 157 cm³/mol. The van der Waals surface area contributed by atoms with E-state index in [4.69, 9.17) is 20.2 Å². The van der Waals surface area contributed by atoms with Gasteiger partial charge in [-0.2, -0.15) is 23.1 Å². The number of ether oxygens (including phenoxy) is 2. The van der Waals surface area contributed by atoms with Gasteiger partial charge in [0.15, 0.2) is 17.5 Å². The zero-order chi connectivity index (χ0) is 33.2. The average molecular weight is 668 g/mol. The first-order valence-corrected chi connectivity index (χ1v) is 15.7. The maximum Gasteiger partial charge on any atom is 0.417 e. The van der Waals surface area contributed by atoms with Crippen LogP contribution in [0, 0.1) is 24.4 Å². The molecule has 2 aromatic heterocycles. The number of fused-ring (bicyclic) bond motifs is 6. The largest absolute Gasteiger partial charge is 0.472 e. The van der Waals surface area contributed by atoms with Crippen LogP contribution in [0.4, 0.5) is 42.2 Å². The number of piperazine rings is 1. The number of aromatic nitrogens is 3. The number of hydrogen-bond acceptors (Lipinski definition) is 9. The van der Waals surface area contributed by atoms with Crippen LogP contribution in [0.1, 0.15) is 50.2 Å². The molecule has 5 aliphatic rings. The molecule has 252 valence electrons. The van der Waals surface area contributed by atoms with E-state index in [-0.39, 0.29) is 60.8 Å². The van der Waals surface area contributed by atoms with E-state index in [1.807, 2.05) is 9.80 Å². The van der Waals surface area contributed by atoms with Crippen molar-refractivity contribution >= 4 is 22.4 Å². The smallest absolute Gasteiger partial charge is 0.417 e. The number of nitrogens with zero attached hydrogens (tertiary/aromatic N) is 5. The molecule has 0 unspecified atom stereocenters. The van der Waals surface area contributed by atoms with Crippen LogP contribution in [0.3, 0.4) is 0 Å². The molecule has 4 fully saturated rings. The van der Waals surface area contributed by atoms with Gasteiger partial charge in [0.2, 0.25) is 5.88 Å². The first kappa shape index (κ1) is 30.7. The third kappa shape index (κ3) is 4.53. The summed E-state index contributed by atoms with van der Waals surface area (Å²) in [5.41, 5.74) is -1.98. The van der Waals surface area contributed by atoms with Crippen LogP contribution in [0.15, 0.2) is 0 Å². The van der Waals surface area contributed by atoms with E-state index in [2.05, 4.69) is 15.3 Å². The van der Waals surface area contributed by atoms with E-state index in [0.717, 1.165) is 26.2 Å². The number of nitrogens with two attached hydrogens (primary N) is 1. The van der Waals surface area contributed by atoms with E-state index in [9.17, 15) is 22.0 Å². The molecule has 0 aliphatic carbocycles. The van der Waals surface area contributed by atoms with E-state index >= 15 is 8.78 Å². The summed E-state index contributed by atoms with van der Waals surface area (Å²) in [7, 11) is 0. The third-order valence-corrected chi connectivity index (χ3v) is 10.6. The van der Waals surface area contributed by atoms with Crippen LogP contribution in [0.25, 0.3) is 22.2 Å². The van der Waals surface area contributed by atoms with Crippen molar-refractivity contribution in [3.05, 3.63) is 28.6 Å². The number of alkyl halides is 4. The Kier molecular flexibility index (Phi) is 6.80. The maximum absolute atomic E-state index is 16.8. The van der Waals surface area contributed by atoms with Gasteiger partial charge in [0.05, 0.1) is 22.7 Å². The highest BCUT2D eigenvalue weighted by molar-refractivity contribution is 5.97. The standard InChI is InChI=1S/C31H32F7N7O2/c1-12-19(31(36,37)38)17(21(34)23(39)20(12)33)24-22(35)25-18-27(43-29(42-25)46-11-30-6-3-7-44(30)9-14(32)8-30)45-10-15-4-5-16(40-15)26(45)13(2)47-28(18)41-24/h13-16,26,40H,3-11,39H2,1-2H3/t13-,14+,15+,16-,26+,30-/m0/s1. The Balaban J connectivity index is 1.35. The Morgan fingerprint density at radius 1 is 1.09 bits per heavy atom. The maximum atomic E-state index is 16.8. The van der Waals surface area contributed by atoms with Crippen molar-refractivity contribution in [1.29, 1.82) is 0 Å². The lowest BCUT2D eigenvalue weighted by Gasteiger charge is -2.42. The van der Waals surface area contributed by atoms with Gasteiger partial charge in [0.1, 0.15) is 47.0 Å². The van der Waals surface area contributed by atoms with Crippen LogP contribution in [-0.4, -0.2) is 82.0 Å². The monoisotopic (exact) mass is 667 g/mol. The van der Waals surface area contributed by atoms with Crippen molar-refractivity contribution in [2.24, 2.45) is 0 Å². The fourth-order valence-corrected chi connectivity index (χ4v) is 8.58. The highest BCUT2D eigenvalue weighted by Gasteiger charge is 2.51. The Bertz CT molecular complexity index is 1810. The molecular formula is C31H32F7N7O2. The number of halogens is 7. The molecule has 0 radical (unpaired) electrons. The first-order valence-electron chi connectivity index (χ1n) is 15.7. The molecule has 2 bridgehead atoms. The Morgan fingerprint density at radius 3 is 2.64 bits per heavy atom. The van der Waals surface area contributed by atoms with Gasteiger partial charge in [-0.1, -0.05) is 0 Å². The molecule has 0 saturated carbocycles. The number of rotatable bonds is 4. The van der Waals surface area contributed by atoms with E-state index in [1.165, 1.54) is 0 Å². The lowest BCUT2D eigenvalue weighted by atomic mass is 9.95. The number of hydrogen-bond donors (Lipinski definition) is 2. The SMILES string of the molecule is Cc1c(F)c(N)c(F)c(-c2nc3c4c(nc(OC[C@@]56CCCN5C[C@H](F)C6)nc4c2F)N2C[C@H]4CC[C@H](N4)[C@H]2[C@H](C)O3)c1C(F)(F)F. The summed E-state index contributed by atoms with van der Waals surface area (Å²) in [6, 6.07) is -0.561.